The Morgan fingerprint density at radius 3 is 2.90 bits per heavy atom. The summed E-state index contributed by atoms with van der Waals surface area (Å²) in [4.78, 5) is 11.7. The van der Waals surface area contributed by atoms with E-state index in [2.05, 4.69) is 5.18 Å². The standard InChI is InChI=1S/C6H11FN2O/c1-9-4-5(7)2-6(9)3-8-10/h5-6H,2-4H2,1H3. The summed E-state index contributed by atoms with van der Waals surface area (Å²) in [6.45, 7) is 0.664. The topological polar surface area (TPSA) is 32.7 Å². The van der Waals surface area contributed by atoms with Crippen molar-refractivity contribution >= 4 is 0 Å². The van der Waals surface area contributed by atoms with Crippen molar-refractivity contribution in [2.75, 3.05) is 20.1 Å². The first kappa shape index (κ1) is 7.60. The molecule has 0 aromatic carbocycles. The van der Waals surface area contributed by atoms with E-state index >= 15 is 0 Å². The molecule has 0 aromatic heterocycles. The van der Waals surface area contributed by atoms with Gasteiger partial charge in [-0.3, -0.25) is 4.90 Å². The molecule has 3 nitrogen and oxygen atoms in total. The lowest BCUT2D eigenvalue weighted by molar-refractivity contribution is 0.297. The third-order valence-electron chi connectivity index (χ3n) is 1.92. The molecule has 58 valence electrons. The minimum Gasteiger partial charge on any atom is -0.298 e. The normalized spacial score (nSPS) is 34.6. The van der Waals surface area contributed by atoms with Crippen LogP contribution in [0.25, 0.3) is 0 Å². The monoisotopic (exact) mass is 146 g/mol. The SMILES string of the molecule is CN1CC(F)CC1CN=O. The van der Waals surface area contributed by atoms with E-state index in [0.717, 1.165) is 0 Å². The smallest absolute Gasteiger partial charge is 0.114 e. The third kappa shape index (κ3) is 1.50. The summed E-state index contributed by atoms with van der Waals surface area (Å²) in [7, 11) is 1.81. The summed E-state index contributed by atoms with van der Waals surface area (Å²) in [5.41, 5.74) is 0. The maximum atomic E-state index is 12.6. The number of hydrogen-bond acceptors (Lipinski definition) is 3. The van der Waals surface area contributed by atoms with Crippen molar-refractivity contribution in [2.24, 2.45) is 5.18 Å². The average molecular weight is 146 g/mol. The highest BCUT2D eigenvalue weighted by Crippen LogP contribution is 2.18. The Balaban J connectivity index is 2.38. The molecule has 0 radical (unpaired) electrons. The highest BCUT2D eigenvalue weighted by atomic mass is 19.1. The first-order chi connectivity index (χ1) is 4.74. The molecule has 1 rings (SSSR count). The second-order valence-corrected chi connectivity index (χ2v) is 2.74. The molecule has 0 spiro atoms. The van der Waals surface area contributed by atoms with Gasteiger partial charge in [-0.2, -0.15) is 4.91 Å². The summed E-state index contributed by atoms with van der Waals surface area (Å²) >= 11 is 0. The van der Waals surface area contributed by atoms with Crippen molar-refractivity contribution in [3.63, 3.8) is 0 Å². The van der Waals surface area contributed by atoms with Crippen LogP contribution in [-0.4, -0.2) is 37.3 Å². The van der Waals surface area contributed by atoms with Gasteiger partial charge < -0.3 is 0 Å². The van der Waals surface area contributed by atoms with Crippen molar-refractivity contribution in [3.8, 4) is 0 Å². The number of halogens is 1. The van der Waals surface area contributed by atoms with Gasteiger partial charge in [0, 0.05) is 12.6 Å². The van der Waals surface area contributed by atoms with E-state index in [1.165, 1.54) is 0 Å². The number of hydrogen-bond donors (Lipinski definition) is 0. The van der Waals surface area contributed by atoms with Crippen LogP contribution in [0.15, 0.2) is 5.18 Å². The maximum absolute atomic E-state index is 12.6. The Morgan fingerprint density at radius 2 is 2.50 bits per heavy atom. The van der Waals surface area contributed by atoms with Crippen molar-refractivity contribution in [1.29, 1.82) is 0 Å². The van der Waals surface area contributed by atoms with Gasteiger partial charge in [-0.1, -0.05) is 5.18 Å². The van der Waals surface area contributed by atoms with Crippen molar-refractivity contribution in [3.05, 3.63) is 4.91 Å². The molecule has 0 N–H and O–H groups in total. The second kappa shape index (κ2) is 3.05. The van der Waals surface area contributed by atoms with Crippen LogP contribution in [0.2, 0.25) is 0 Å². The fourth-order valence-electron chi connectivity index (χ4n) is 1.31. The second-order valence-electron chi connectivity index (χ2n) is 2.74. The lowest BCUT2D eigenvalue weighted by Crippen LogP contribution is -2.27. The summed E-state index contributed by atoms with van der Waals surface area (Å²) in [5.74, 6) is 0. The molecule has 0 amide bonds. The number of likely N-dealkylation sites (N-methyl/N-ethyl adjacent to an activating group) is 1. The lowest BCUT2D eigenvalue weighted by atomic mass is 10.2. The van der Waals surface area contributed by atoms with Gasteiger partial charge in [0.25, 0.3) is 0 Å². The van der Waals surface area contributed by atoms with Gasteiger partial charge in [0.2, 0.25) is 0 Å². The first-order valence-corrected chi connectivity index (χ1v) is 3.37. The van der Waals surface area contributed by atoms with Gasteiger partial charge in [-0.25, -0.2) is 4.39 Å². The van der Waals surface area contributed by atoms with Crippen LogP contribution in [0.4, 0.5) is 4.39 Å². The van der Waals surface area contributed by atoms with Crippen LogP contribution in [-0.2, 0) is 0 Å². The molecule has 1 fully saturated rings. The molecule has 1 saturated heterocycles. The van der Waals surface area contributed by atoms with Gasteiger partial charge >= 0.3 is 0 Å². The maximum Gasteiger partial charge on any atom is 0.114 e. The Morgan fingerprint density at radius 1 is 1.80 bits per heavy atom. The Labute approximate surface area is 59.2 Å². The zero-order valence-electron chi connectivity index (χ0n) is 5.96. The highest BCUT2D eigenvalue weighted by molar-refractivity contribution is 4.84. The van der Waals surface area contributed by atoms with Gasteiger partial charge in [-0.15, -0.1) is 0 Å². The molecule has 0 aliphatic carbocycles. The van der Waals surface area contributed by atoms with E-state index in [0.29, 0.717) is 13.0 Å². The van der Waals surface area contributed by atoms with Crippen LogP contribution < -0.4 is 0 Å². The van der Waals surface area contributed by atoms with Crippen LogP contribution in [0.3, 0.4) is 0 Å². The minimum absolute atomic E-state index is 0.0347. The van der Waals surface area contributed by atoms with Crippen molar-refractivity contribution < 1.29 is 4.39 Å². The van der Waals surface area contributed by atoms with Crippen LogP contribution in [0, 0.1) is 4.91 Å². The fraction of sp³-hybridized carbons (Fsp3) is 1.00. The molecule has 0 aromatic rings. The largest absolute Gasteiger partial charge is 0.298 e. The van der Waals surface area contributed by atoms with Crippen LogP contribution >= 0.6 is 0 Å². The van der Waals surface area contributed by atoms with Gasteiger partial charge in [0.15, 0.2) is 0 Å². The predicted octanol–water partition coefficient (Wildman–Crippen LogP) is 0.795. The van der Waals surface area contributed by atoms with E-state index in [-0.39, 0.29) is 12.6 Å². The van der Waals surface area contributed by atoms with Crippen molar-refractivity contribution in [1.82, 2.24) is 4.90 Å². The fourth-order valence-corrected chi connectivity index (χ4v) is 1.31. The quantitative estimate of drug-likeness (QED) is 0.540. The van der Waals surface area contributed by atoms with E-state index < -0.39 is 6.17 Å². The zero-order chi connectivity index (χ0) is 7.56. The summed E-state index contributed by atoms with van der Waals surface area (Å²) in [6.07, 6.45) is -0.306. The predicted molar refractivity (Wildman–Crippen MR) is 36.6 cm³/mol. The number of alkyl halides is 1. The van der Waals surface area contributed by atoms with E-state index in [1.54, 1.807) is 0 Å². The molecular weight excluding hydrogens is 135 g/mol. The number of likely N-dealkylation sites (tertiary alicyclic amines) is 1. The Hall–Kier alpha value is -0.510. The molecule has 0 bridgehead atoms. The summed E-state index contributed by atoms with van der Waals surface area (Å²) in [6, 6.07) is 0.0347. The van der Waals surface area contributed by atoms with Crippen molar-refractivity contribution in [2.45, 2.75) is 18.6 Å². The first-order valence-electron chi connectivity index (χ1n) is 3.37. The highest BCUT2D eigenvalue weighted by Gasteiger charge is 2.28. The minimum atomic E-state index is -0.767. The molecule has 2 atom stereocenters. The van der Waals surface area contributed by atoms with Gasteiger partial charge in [0.1, 0.15) is 6.17 Å². The third-order valence-corrected chi connectivity index (χ3v) is 1.92. The number of nitrogens with zero attached hydrogens (tertiary/aromatic N) is 2. The van der Waals surface area contributed by atoms with E-state index in [1.807, 2.05) is 11.9 Å². The molecular formula is C6H11FN2O. The molecule has 4 heteroatoms. The number of nitroso groups, excluding NO2 is 1. The molecule has 2 unspecified atom stereocenters. The Kier molecular flexibility index (Phi) is 2.32. The summed E-state index contributed by atoms with van der Waals surface area (Å²) in [5, 5.41) is 2.74. The van der Waals surface area contributed by atoms with Gasteiger partial charge in [0.05, 0.1) is 6.54 Å². The zero-order valence-corrected chi connectivity index (χ0v) is 5.96. The number of rotatable bonds is 2. The van der Waals surface area contributed by atoms with Gasteiger partial charge in [-0.05, 0) is 13.5 Å². The summed E-state index contributed by atoms with van der Waals surface area (Å²) < 4.78 is 12.6. The molecule has 1 aliphatic heterocycles. The van der Waals surface area contributed by atoms with Crippen LogP contribution in [0.1, 0.15) is 6.42 Å². The lowest BCUT2D eigenvalue weighted by Gasteiger charge is -2.14. The van der Waals surface area contributed by atoms with E-state index in [9.17, 15) is 9.30 Å². The average Bonchev–Trinajstić information content (AvgIpc) is 2.13. The molecule has 1 aliphatic rings. The molecule has 10 heavy (non-hydrogen) atoms. The molecule has 0 saturated carbocycles. The van der Waals surface area contributed by atoms with Crippen LogP contribution in [0.5, 0.6) is 0 Å². The van der Waals surface area contributed by atoms with E-state index in [4.69, 9.17) is 0 Å². The molecule has 1 heterocycles. The Bertz CT molecular complexity index is 131.